The zero-order valence-electron chi connectivity index (χ0n) is 18.3. The number of halogens is 2. The first-order valence-electron chi connectivity index (χ1n) is 10.2. The predicted octanol–water partition coefficient (Wildman–Crippen LogP) is 4.53. The van der Waals surface area contributed by atoms with Crippen molar-refractivity contribution >= 4 is 17.5 Å². The number of rotatable bonds is 5. The van der Waals surface area contributed by atoms with Crippen molar-refractivity contribution < 1.29 is 27.8 Å². The zero-order valence-corrected chi connectivity index (χ0v) is 18.3. The number of carbonyl (C=O) groups is 2. The summed E-state index contributed by atoms with van der Waals surface area (Å²) in [5.74, 6) is -2.35. The summed E-state index contributed by atoms with van der Waals surface area (Å²) in [5.41, 5.74) is 1.39. The van der Waals surface area contributed by atoms with E-state index in [4.69, 9.17) is 9.47 Å². The fourth-order valence-electron chi connectivity index (χ4n) is 4.21. The second kappa shape index (κ2) is 8.90. The number of amides is 2. The first kappa shape index (κ1) is 22.3. The highest BCUT2D eigenvalue weighted by molar-refractivity contribution is 6.04. The van der Waals surface area contributed by atoms with Crippen LogP contribution in [0, 0.1) is 11.6 Å². The Balaban J connectivity index is 1.83. The zero-order chi connectivity index (χ0) is 23.7. The number of ether oxygens (including phenoxy) is 2. The summed E-state index contributed by atoms with van der Waals surface area (Å²) in [7, 11) is 4.62. The van der Waals surface area contributed by atoms with E-state index >= 15 is 0 Å². The van der Waals surface area contributed by atoms with Crippen LogP contribution in [0.3, 0.4) is 0 Å². The molecule has 0 aliphatic carbocycles. The van der Waals surface area contributed by atoms with Gasteiger partial charge < -0.3 is 19.7 Å². The summed E-state index contributed by atoms with van der Waals surface area (Å²) >= 11 is 0. The Hall–Kier alpha value is -3.94. The molecule has 0 saturated heterocycles. The van der Waals surface area contributed by atoms with Crippen LogP contribution in [0.15, 0.2) is 60.7 Å². The molecule has 0 aromatic heterocycles. The van der Waals surface area contributed by atoms with E-state index in [-0.39, 0.29) is 11.6 Å². The van der Waals surface area contributed by atoms with Crippen molar-refractivity contribution in [1.29, 1.82) is 0 Å². The van der Waals surface area contributed by atoms with E-state index < -0.39 is 29.5 Å². The third kappa shape index (κ3) is 4.00. The second-order valence-corrected chi connectivity index (χ2v) is 7.65. The number of nitrogens with one attached hydrogen (secondary N) is 1. The quantitative estimate of drug-likeness (QED) is 0.618. The molecule has 0 unspecified atom stereocenters. The van der Waals surface area contributed by atoms with Gasteiger partial charge in [0.05, 0.1) is 31.9 Å². The molecule has 3 aromatic carbocycles. The molecule has 1 aliphatic rings. The molecule has 2 amide bonds. The summed E-state index contributed by atoms with van der Waals surface area (Å²) in [5, 5.41) is 2.56. The Morgan fingerprint density at radius 2 is 1.70 bits per heavy atom. The van der Waals surface area contributed by atoms with Gasteiger partial charge in [0.15, 0.2) is 11.5 Å². The number of benzene rings is 3. The van der Waals surface area contributed by atoms with E-state index in [1.54, 1.807) is 49.5 Å². The van der Waals surface area contributed by atoms with Crippen LogP contribution in [0.5, 0.6) is 11.5 Å². The van der Waals surface area contributed by atoms with Crippen molar-refractivity contribution in [2.45, 2.75) is 12.0 Å². The predicted molar refractivity (Wildman–Crippen MR) is 119 cm³/mol. The molecule has 0 saturated carbocycles. The summed E-state index contributed by atoms with van der Waals surface area (Å²) < 4.78 is 38.3. The first-order valence-corrected chi connectivity index (χ1v) is 10.2. The van der Waals surface area contributed by atoms with Gasteiger partial charge >= 0.3 is 0 Å². The molecule has 33 heavy (non-hydrogen) atoms. The first-order chi connectivity index (χ1) is 15.8. The molecule has 4 rings (SSSR count). The van der Waals surface area contributed by atoms with Crippen molar-refractivity contribution in [2.75, 3.05) is 26.6 Å². The van der Waals surface area contributed by atoms with Crippen LogP contribution in [0.4, 0.5) is 14.5 Å². The average Bonchev–Trinajstić information content (AvgIpc) is 2.82. The normalized spacial score (nSPS) is 17.4. The fraction of sp³-hybridized carbons (Fsp3) is 0.200. The van der Waals surface area contributed by atoms with Gasteiger partial charge in [-0.15, -0.1) is 0 Å². The van der Waals surface area contributed by atoms with Gasteiger partial charge in [0, 0.05) is 18.7 Å². The van der Waals surface area contributed by atoms with Crippen molar-refractivity contribution in [3.8, 4) is 11.5 Å². The number of hydrogen-bond donors (Lipinski definition) is 1. The molecular weight excluding hydrogens is 430 g/mol. The van der Waals surface area contributed by atoms with Crippen LogP contribution >= 0.6 is 0 Å². The monoisotopic (exact) mass is 452 g/mol. The van der Waals surface area contributed by atoms with Crippen LogP contribution in [0.2, 0.25) is 0 Å². The van der Waals surface area contributed by atoms with Gasteiger partial charge in [-0.05, 0) is 41.5 Å². The van der Waals surface area contributed by atoms with Gasteiger partial charge in [-0.3, -0.25) is 9.59 Å². The Morgan fingerprint density at radius 3 is 2.39 bits per heavy atom. The molecule has 8 heteroatoms. The Labute approximate surface area is 189 Å². The van der Waals surface area contributed by atoms with Gasteiger partial charge in [0.1, 0.15) is 11.6 Å². The van der Waals surface area contributed by atoms with Crippen LogP contribution in [-0.2, 0) is 4.79 Å². The lowest BCUT2D eigenvalue weighted by Gasteiger charge is -2.40. The highest BCUT2D eigenvalue weighted by Gasteiger charge is 2.43. The van der Waals surface area contributed by atoms with Crippen LogP contribution in [-0.4, -0.2) is 38.0 Å². The van der Waals surface area contributed by atoms with E-state index in [0.29, 0.717) is 34.3 Å². The van der Waals surface area contributed by atoms with E-state index in [1.807, 2.05) is 0 Å². The molecule has 2 atom stereocenters. The number of fused-ring (bicyclic) bond motifs is 1. The molecule has 6 nitrogen and oxygen atoms in total. The number of methoxy groups -OCH3 is 2. The summed E-state index contributed by atoms with van der Waals surface area (Å²) in [4.78, 5) is 28.1. The van der Waals surface area contributed by atoms with Gasteiger partial charge in [0.2, 0.25) is 5.91 Å². The molecule has 0 radical (unpaired) electrons. The molecule has 0 fully saturated rings. The van der Waals surface area contributed by atoms with E-state index in [0.717, 1.165) is 12.1 Å². The molecular formula is C25H22F2N2O4. The minimum absolute atomic E-state index is 0.149. The largest absolute Gasteiger partial charge is 0.493 e. The maximum atomic E-state index is 14.3. The number of nitrogens with zero attached hydrogens (tertiary/aromatic N) is 1. The van der Waals surface area contributed by atoms with E-state index in [1.165, 1.54) is 19.1 Å². The topological polar surface area (TPSA) is 67.9 Å². The molecule has 0 bridgehead atoms. The number of anilines is 1. The van der Waals surface area contributed by atoms with Crippen LogP contribution in [0.1, 0.15) is 33.4 Å². The molecule has 3 aromatic rings. The summed E-state index contributed by atoms with van der Waals surface area (Å²) in [6, 6.07) is 14.2. The van der Waals surface area contributed by atoms with Crippen LogP contribution in [0.25, 0.3) is 0 Å². The molecule has 1 heterocycles. The average molecular weight is 452 g/mol. The Kier molecular flexibility index (Phi) is 6.00. The maximum Gasteiger partial charge on any atom is 0.254 e. The van der Waals surface area contributed by atoms with E-state index in [9.17, 15) is 18.4 Å². The molecule has 170 valence electrons. The highest BCUT2D eigenvalue weighted by atomic mass is 19.1. The molecule has 1 N–H and O–H groups in total. The van der Waals surface area contributed by atoms with E-state index in [2.05, 4.69) is 5.32 Å². The number of carbonyl (C=O) groups excluding carboxylic acids is 2. The number of likely N-dealkylation sites (N-methyl/N-ethyl adjacent to an activating group) is 1. The summed E-state index contributed by atoms with van der Waals surface area (Å²) in [6.45, 7) is 0. The van der Waals surface area contributed by atoms with Crippen molar-refractivity contribution in [3.05, 3.63) is 89.0 Å². The van der Waals surface area contributed by atoms with Crippen LogP contribution < -0.4 is 14.8 Å². The van der Waals surface area contributed by atoms with Crippen molar-refractivity contribution in [1.82, 2.24) is 4.90 Å². The van der Waals surface area contributed by atoms with Gasteiger partial charge in [-0.2, -0.15) is 0 Å². The lowest BCUT2D eigenvalue weighted by atomic mass is 9.79. The lowest BCUT2D eigenvalue weighted by Crippen LogP contribution is -2.44. The minimum Gasteiger partial charge on any atom is -0.493 e. The third-order valence-electron chi connectivity index (χ3n) is 5.80. The minimum atomic E-state index is -0.889. The Morgan fingerprint density at radius 1 is 0.970 bits per heavy atom. The fourth-order valence-corrected chi connectivity index (χ4v) is 4.21. The number of hydrogen-bond acceptors (Lipinski definition) is 4. The van der Waals surface area contributed by atoms with Crippen molar-refractivity contribution in [2.24, 2.45) is 0 Å². The lowest BCUT2D eigenvalue weighted by molar-refractivity contribution is -0.119. The Bertz CT molecular complexity index is 1230. The third-order valence-corrected chi connectivity index (χ3v) is 5.80. The summed E-state index contributed by atoms with van der Waals surface area (Å²) in [6.07, 6.45) is 0. The van der Waals surface area contributed by atoms with Crippen molar-refractivity contribution in [3.63, 3.8) is 0 Å². The second-order valence-electron chi connectivity index (χ2n) is 7.65. The molecule has 1 aliphatic heterocycles. The highest BCUT2D eigenvalue weighted by Crippen LogP contribution is 2.44. The maximum absolute atomic E-state index is 14.3. The standard InChI is InChI=1S/C25H22F2N2O4/c1-29-23(14-8-11-20(32-2)21(12-14)33-3)22(16-6-4-5-7-17(16)25(29)31)24(30)28-19-10-9-15(26)13-18(19)27/h4-13,22-23H,1-3H3,(H,28,30)/t22-,23+/m0/s1. The smallest absolute Gasteiger partial charge is 0.254 e. The van der Waals surface area contributed by atoms with Gasteiger partial charge in [-0.25, -0.2) is 8.78 Å². The van der Waals surface area contributed by atoms with Gasteiger partial charge in [-0.1, -0.05) is 24.3 Å². The van der Waals surface area contributed by atoms with Gasteiger partial charge in [0.25, 0.3) is 5.91 Å². The molecule has 0 spiro atoms. The SMILES string of the molecule is COc1ccc([C@@H]2[C@@H](C(=O)Nc3ccc(F)cc3F)c3ccccc3C(=O)N2C)cc1OC.